The Morgan fingerprint density at radius 1 is 1.39 bits per heavy atom. The lowest BCUT2D eigenvalue weighted by Gasteiger charge is -2.24. The molecule has 5 nitrogen and oxygen atoms in total. The number of pyridine rings is 1. The van der Waals surface area contributed by atoms with Gasteiger partial charge in [0.15, 0.2) is 0 Å². The zero-order chi connectivity index (χ0) is 13.6. The number of nitrogens with zero attached hydrogens (tertiary/aromatic N) is 1. The molecule has 0 fully saturated rings. The van der Waals surface area contributed by atoms with Crippen molar-refractivity contribution in [2.45, 2.75) is 38.6 Å². The van der Waals surface area contributed by atoms with E-state index in [-0.39, 0.29) is 12.3 Å². The minimum absolute atomic E-state index is 0.251. The van der Waals surface area contributed by atoms with Crippen LogP contribution in [0.3, 0.4) is 0 Å². The van der Waals surface area contributed by atoms with E-state index in [9.17, 15) is 9.59 Å². The number of aromatic nitrogens is 1. The minimum Gasteiger partial charge on any atom is -0.480 e. The molecule has 1 atom stereocenters. The van der Waals surface area contributed by atoms with Crippen LogP contribution in [-0.2, 0) is 16.0 Å². The highest BCUT2D eigenvalue weighted by atomic mass is 16.4. The van der Waals surface area contributed by atoms with Gasteiger partial charge in [0.2, 0.25) is 5.91 Å². The highest BCUT2D eigenvalue weighted by Crippen LogP contribution is 2.10. The maximum absolute atomic E-state index is 11.7. The Labute approximate surface area is 106 Å². The van der Waals surface area contributed by atoms with Gasteiger partial charge in [0.05, 0.1) is 0 Å². The second-order valence-electron chi connectivity index (χ2n) is 4.39. The second-order valence-corrected chi connectivity index (χ2v) is 4.39. The van der Waals surface area contributed by atoms with E-state index in [1.165, 1.54) is 6.92 Å². The Morgan fingerprint density at radius 2 is 2.00 bits per heavy atom. The van der Waals surface area contributed by atoms with Gasteiger partial charge in [0.1, 0.15) is 5.54 Å². The van der Waals surface area contributed by atoms with Crippen molar-refractivity contribution in [2.24, 2.45) is 0 Å². The van der Waals surface area contributed by atoms with Gasteiger partial charge in [-0.1, -0.05) is 6.92 Å². The molecule has 0 aliphatic heterocycles. The number of amides is 1. The van der Waals surface area contributed by atoms with Gasteiger partial charge in [-0.3, -0.25) is 9.78 Å². The SMILES string of the molecule is CCC(C)(NC(=O)CCc1ccncc1)C(=O)O. The largest absolute Gasteiger partial charge is 0.480 e. The van der Waals surface area contributed by atoms with Crippen molar-refractivity contribution in [3.05, 3.63) is 30.1 Å². The van der Waals surface area contributed by atoms with Crippen LogP contribution in [0.5, 0.6) is 0 Å². The lowest BCUT2D eigenvalue weighted by atomic mass is 9.98. The quantitative estimate of drug-likeness (QED) is 0.799. The summed E-state index contributed by atoms with van der Waals surface area (Å²) in [7, 11) is 0. The third-order valence-corrected chi connectivity index (χ3v) is 2.98. The summed E-state index contributed by atoms with van der Waals surface area (Å²) in [5.74, 6) is -1.26. The van der Waals surface area contributed by atoms with Crippen LogP contribution >= 0.6 is 0 Å². The van der Waals surface area contributed by atoms with Gasteiger partial charge in [0, 0.05) is 18.8 Å². The summed E-state index contributed by atoms with van der Waals surface area (Å²) in [6.45, 7) is 3.25. The normalized spacial score (nSPS) is 13.7. The topological polar surface area (TPSA) is 79.3 Å². The number of carboxylic acids is 1. The van der Waals surface area contributed by atoms with E-state index in [0.717, 1.165) is 5.56 Å². The fourth-order valence-electron chi connectivity index (χ4n) is 1.47. The van der Waals surface area contributed by atoms with Crippen LogP contribution in [0.25, 0.3) is 0 Å². The van der Waals surface area contributed by atoms with Gasteiger partial charge in [-0.05, 0) is 37.5 Å². The van der Waals surface area contributed by atoms with Crippen LogP contribution in [0.2, 0.25) is 0 Å². The number of hydrogen-bond donors (Lipinski definition) is 2. The van der Waals surface area contributed by atoms with Gasteiger partial charge in [-0.2, -0.15) is 0 Å². The molecule has 1 heterocycles. The van der Waals surface area contributed by atoms with Gasteiger partial charge in [-0.25, -0.2) is 4.79 Å². The summed E-state index contributed by atoms with van der Waals surface area (Å²) in [6.07, 6.45) is 4.53. The van der Waals surface area contributed by atoms with Crippen LogP contribution in [0.1, 0.15) is 32.3 Å². The first-order valence-corrected chi connectivity index (χ1v) is 5.91. The lowest BCUT2D eigenvalue weighted by Crippen LogP contribution is -2.51. The molecule has 18 heavy (non-hydrogen) atoms. The molecule has 5 heteroatoms. The zero-order valence-electron chi connectivity index (χ0n) is 10.6. The fraction of sp³-hybridized carbons (Fsp3) is 0.462. The average Bonchev–Trinajstić information content (AvgIpc) is 2.37. The molecule has 1 aromatic rings. The van der Waals surface area contributed by atoms with Crippen molar-refractivity contribution >= 4 is 11.9 Å². The predicted octanol–water partition coefficient (Wildman–Crippen LogP) is 1.38. The molecule has 0 aliphatic carbocycles. The zero-order valence-corrected chi connectivity index (χ0v) is 10.6. The summed E-state index contributed by atoms with van der Waals surface area (Å²) in [5, 5.41) is 11.6. The average molecular weight is 250 g/mol. The monoisotopic (exact) mass is 250 g/mol. The summed E-state index contributed by atoms with van der Waals surface area (Å²) in [6, 6.07) is 3.67. The molecular weight excluding hydrogens is 232 g/mol. The first-order valence-electron chi connectivity index (χ1n) is 5.91. The number of carbonyl (C=O) groups excluding carboxylic acids is 1. The Balaban J connectivity index is 2.49. The molecule has 0 bridgehead atoms. The van der Waals surface area contributed by atoms with Crippen molar-refractivity contribution in [2.75, 3.05) is 0 Å². The maximum atomic E-state index is 11.7. The van der Waals surface area contributed by atoms with Gasteiger partial charge >= 0.3 is 5.97 Å². The summed E-state index contributed by atoms with van der Waals surface area (Å²) < 4.78 is 0. The Hall–Kier alpha value is -1.91. The third kappa shape index (κ3) is 3.84. The van der Waals surface area contributed by atoms with Crippen molar-refractivity contribution in [3.63, 3.8) is 0 Å². The minimum atomic E-state index is -1.19. The van der Waals surface area contributed by atoms with Crippen LogP contribution in [-0.4, -0.2) is 27.5 Å². The lowest BCUT2D eigenvalue weighted by molar-refractivity contribution is -0.147. The molecule has 1 amide bonds. The summed E-state index contributed by atoms with van der Waals surface area (Å²) in [5.41, 5.74) is -0.177. The number of nitrogens with one attached hydrogen (secondary N) is 1. The summed E-state index contributed by atoms with van der Waals surface area (Å²) in [4.78, 5) is 26.6. The van der Waals surface area contributed by atoms with Crippen molar-refractivity contribution in [3.8, 4) is 0 Å². The maximum Gasteiger partial charge on any atom is 0.329 e. The van der Waals surface area contributed by atoms with Crippen LogP contribution in [0.4, 0.5) is 0 Å². The molecular formula is C13H18N2O3. The van der Waals surface area contributed by atoms with Crippen LogP contribution in [0, 0.1) is 0 Å². The van der Waals surface area contributed by atoms with Crippen molar-refractivity contribution in [1.29, 1.82) is 0 Å². The summed E-state index contributed by atoms with van der Waals surface area (Å²) >= 11 is 0. The number of hydrogen-bond acceptors (Lipinski definition) is 3. The molecule has 0 spiro atoms. The molecule has 1 unspecified atom stereocenters. The van der Waals surface area contributed by atoms with E-state index in [0.29, 0.717) is 12.8 Å². The molecule has 0 aromatic carbocycles. The van der Waals surface area contributed by atoms with Gasteiger partial charge in [0.25, 0.3) is 0 Å². The van der Waals surface area contributed by atoms with E-state index in [4.69, 9.17) is 5.11 Å². The second kappa shape index (κ2) is 6.14. The number of carboxylic acid groups (broad SMARTS) is 1. The molecule has 98 valence electrons. The number of aryl methyl sites for hydroxylation is 1. The molecule has 0 saturated carbocycles. The number of aliphatic carboxylic acids is 1. The van der Waals surface area contributed by atoms with Gasteiger partial charge in [-0.15, -0.1) is 0 Å². The molecule has 0 aliphatic rings. The highest BCUT2D eigenvalue weighted by molar-refractivity contribution is 5.86. The van der Waals surface area contributed by atoms with Crippen molar-refractivity contribution < 1.29 is 14.7 Å². The van der Waals surface area contributed by atoms with Crippen LogP contribution < -0.4 is 5.32 Å². The van der Waals surface area contributed by atoms with E-state index < -0.39 is 11.5 Å². The third-order valence-electron chi connectivity index (χ3n) is 2.98. The van der Waals surface area contributed by atoms with E-state index >= 15 is 0 Å². The van der Waals surface area contributed by atoms with Crippen molar-refractivity contribution in [1.82, 2.24) is 10.3 Å². The number of carbonyl (C=O) groups is 2. The van der Waals surface area contributed by atoms with E-state index in [1.807, 2.05) is 12.1 Å². The first-order chi connectivity index (χ1) is 8.48. The van der Waals surface area contributed by atoms with Crippen LogP contribution in [0.15, 0.2) is 24.5 Å². The molecule has 2 N–H and O–H groups in total. The predicted molar refractivity (Wildman–Crippen MR) is 67.0 cm³/mol. The first kappa shape index (κ1) is 14.2. The highest BCUT2D eigenvalue weighted by Gasteiger charge is 2.32. The molecule has 1 rings (SSSR count). The Bertz CT molecular complexity index is 420. The molecule has 0 radical (unpaired) electrons. The standard InChI is InChI=1S/C13H18N2O3/c1-3-13(2,12(17)18)15-11(16)5-4-10-6-8-14-9-7-10/h6-9H,3-5H2,1-2H3,(H,15,16)(H,17,18). The Morgan fingerprint density at radius 3 is 2.50 bits per heavy atom. The molecule has 1 aromatic heterocycles. The van der Waals surface area contributed by atoms with Gasteiger partial charge < -0.3 is 10.4 Å². The fourth-order valence-corrected chi connectivity index (χ4v) is 1.47. The smallest absolute Gasteiger partial charge is 0.329 e. The number of rotatable bonds is 6. The Kier molecular flexibility index (Phi) is 4.83. The van der Waals surface area contributed by atoms with E-state index in [1.54, 1.807) is 19.3 Å². The molecule has 0 saturated heterocycles. The van der Waals surface area contributed by atoms with E-state index in [2.05, 4.69) is 10.3 Å².